The maximum atomic E-state index is 12.3. The van der Waals surface area contributed by atoms with Crippen molar-refractivity contribution >= 4 is 21.7 Å². The number of hydrogen-bond donors (Lipinski definition) is 2. The van der Waals surface area contributed by atoms with Gasteiger partial charge in [0.05, 0.1) is 10.5 Å². The topological polar surface area (TPSA) is 83.5 Å². The summed E-state index contributed by atoms with van der Waals surface area (Å²) in [5.74, 6) is -0.730. The van der Waals surface area contributed by atoms with Crippen LogP contribution in [0.1, 0.15) is 35.7 Å². The van der Waals surface area contributed by atoms with Crippen LogP contribution >= 0.6 is 0 Å². The van der Waals surface area contributed by atoms with Crippen LogP contribution in [-0.4, -0.2) is 19.5 Å². The molecule has 0 spiro atoms. The third kappa shape index (κ3) is 3.65. The van der Waals surface area contributed by atoms with Gasteiger partial charge in [0.1, 0.15) is 0 Å². The van der Waals surface area contributed by atoms with E-state index in [2.05, 4.69) is 4.72 Å². The number of anilines is 1. The molecule has 2 rings (SSSR count). The van der Waals surface area contributed by atoms with Gasteiger partial charge in [-0.25, -0.2) is 13.2 Å². The molecule has 0 unspecified atom stereocenters. The number of rotatable bonds is 5. The zero-order valence-corrected chi connectivity index (χ0v) is 13.1. The van der Waals surface area contributed by atoms with Gasteiger partial charge < -0.3 is 5.11 Å². The Balaban J connectivity index is 2.21. The van der Waals surface area contributed by atoms with Gasteiger partial charge in [-0.05, 0) is 47.9 Å². The Morgan fingerprint density at radius 1 is 1.00 bits per heavy atom. The van der Waals surface area contributed by atoms with E-state index < -0.39 is 16.0 Å². The number of hydrogen-bond acceptors (Lipinski definition) is 3. The Kier molecular flexibility index (Phi) is 4.51. The van der Waals surface area contributed by atoms with E-state index in [0.717, 1.165) is 5.56 Å². The fraction of sp³-hybridized carbons (Fsp3) is 0.188. The van der Waals surface area contributed by atoms with Gasteiger partial charge in [0.25, 0.3) is 10.0 Å². The van der Waals surface area contributed by atoms with E-state index in [1.54, 1.807) is 24.3 Å². The molecule has 0 fully saturated rings. The maximum Gasteiger partial charge on any atom is 0.335 e. The molecule has 22 heavy (non-hydrogen) atoms. The van der Waals surface area contributed by atoms with E-state index in [1.165, 1.54) is 24.3 Å². The highest BCUT2D eigenvalue weighted by atomic mass is 32.2. The van der Waals surface area contributed by atoms with Gasteiger partial charge in [0.15, 0.2) is 0 Å². The molecule has 116 valence electrons. The van der Waals surface area contributed by atoms with Crippen molar-refractivity contribution in [3.05, 3.63) is 59.7 Å². The second kappa shape index (κ2) is 6.19. The van der Waals surface area contributed by atoms with Crippen molar-refractivity contribution in [3.63, 3.8) is 0 Å². The quantitative estimate of drug-likeness (QED) is 0.885. The maximum absolute atomic E-state index is 12.3. The lowest BCUT2D eigenvalue weighted by atomic mass is 10.0. The monoisotopic (exact) mass is 319 g/mol. The summed E-state index contributed by atoms with van der Waals surface area (Å²) in [7, 11) is -3.69. The summed E-state index contributed by atoms with van der Waals surface area (Å²) in [6.07, 6.45) is 0. The molecule has 0 atom stereocenters. The lowest BCUT2D eigenvalue weighted by molar-refractivity contribution is 0.0697. The van der Waals surface area contributed by atoms with Crippen LogP contribution in [-0.2, 0) is 10.0 Å². The summed E-state index contributed by atoms with van der Waals surface area (Å²) >= 11 is 0. The smallest absolute Gasteiger partial charge is 0.335 e. The lowest BCUT2D eigenvalue weighted by Gasteiger charge is -2.10. The molecular weight excluding hydrogens is 302 g/mol. The number of sulfonamides is 1. The van der Waals surface area contributed by atoms with Gasteiger partial charge in [-0.3, -0.25) is 4.72 Å². The Bertz CT molecular complexity index is 763. The normalized spacial score (nSPS) is 11.4. The van der Waals surface area contributed by atoms with Gasteiger partial charge in [0, 0.05) is 5.69 Å². The van der Waals surface area contributed by atoms with Crippen molar-refractivity contribution < 1.29 is 18.3 Å². The number of carboxylic acids is 1. The largest absolute Gasteiger partial charge is 0.478 e. The number of benzene rings is 2. The minimum absolute atomic E-state index is 0.101. The van der Waals surface area contributed by atoms with Crippen molar-refractivity contribution in [2.45, 2.75) is 24.7 Å². The second-order valence-corrected chi connectivity index (χ2v) is 6.89. The van der Waals surface area contributed by atoms with E-state index in [9.17, 15) is 13.2 Å². The van der Waals surface area contributed by atoms with Crippen LogP contribution in [0.4, 0.5) is 5.69 Å². The van der Waals surface area contributed by atoms with Crippen molar-refractivity contribution in [1.82, 2.24) is 0 Å². The first-order chi connectivity index (χ1) is 10.3. The average Bonchev–Trinajstić information content (AvgIpc) is 2.47. The Morgan fingerprint density at radius 3 is 2.00 bits per heavy atom. The summed E-state index contributed by atoms with van der Waals surface area (Å²) in [5.41, 5.74) is 1.48. The number of aromatic carboxylic acids is 1. The fourth-order valence-corrected chi connectivity index (χ4v) is 2.99. The number of carbonyl (C=O) groups is 1. The van der Waals surface area contributed by atoms with Crippen molar-refractivity contribution in [2.75, 3.05) is 4.72 Å². The van der Waals surface area contributed by atoms with Crippen LogP contribution in [0.3, 0.4) is 0 Å². The van der Waals surface area contributed by atoms with E-state index in [1.807, 2.05) is 13.8 Å². The van der Waals surface area contributed by atoms with E-state index in [-0.39, 0.29) is 10.5 Å². The number of nitrogens with one attached hydrogen (secondary N) is 1. The lowest BCUT2D eigenvalue weighted by Crippen LogP contribution is -2.13. The second-order valence-electron chi connectivity index (χ2n) is 5.21. The first-order valence-corrected chi connectivity index (χ1v) is 8.24. The van der Waals surface area contributed by atoms with Crippen LogP contribution in [0.5, 0.6) is 0 Å². The highest BCUT2D eigenvalue weighted by Gasteiger charge is 2.14. The Hall–Kier alpha value is -2.34. The van der Waals surface area contributed by atoms with Crippen LogP contribution in [0, 0.1) is 0 Å². The predicted molar refractivity (Wildman–Crippen MR) is 84.7 cm³/mol. The SMILES string of the molecule is CC(C)c1ccc(S(=O)(=O)Nc2ccc(C(=O)O)cc2)cc1. The molecule has 0 heterocycles. The summed E-state index contributed by atoms with van der Waals surface area (Å²) in [6.45, 7) is 4.07. The minimum atomic E-state index is -3.69. The first-order valence-electron chi connectivity index (χ1n) is 6.76. The van der Waals surface area contributed by atoms with Crippen LogP contribution in [0.25, 0.3) is 0 Å². The molecule has 0 bridgehead atoms. The van der Waals surface area contributed by atoms with Gasteiger partial charge in [-0.2, -0.15) is 0 Å². The Labute approximate surface area is 129 Å². The van der Waals surface area contributed by atoms with E-state index >= 15 is 0 Å². The van der Waals surface area contributed by atoms with Gasteiger partial charge >= 0.3 is 5.97 Å². The average molecular weight is 319 g/mol. The van der Waals surface area contributed by atoms with Crippen molar-refractivity contribution in [2.24, 2.45) is 0 Å². The molecule has 0 saturated carbocycles. The summed E-state index contributed by atoms with van der Waals surface area (Å²) in [5, 5.41) is 8.82. The summed E-state index contributed by atoms with van der Waals surface area (Å²) in [6, 6.07) is 12.2. The van der Waals surface area contributed by atoms with E-state index in [0.29, 0.717) is 11.6 Å². The molecule has 2 aromatic rings. The number of carboxylic acid groups (broad SMARTS) is 1. The molecule has 0 saturated heterocycles. The zero-order chi connectivity index (χ0) is 16.3. The molecule has 0 aliphatic heterocycles. The van der Waals surface area contributed by atoms with Crippen LogP contribution < -0.4 is 4.72 Å². The van der Waals surface area contributed by atoms with Crippen molar-refractivity contribution in [3.8, 4) is 0 Å². The van der Waals surface area contributed by atoms with Crippen LogP contribution in [0.2, 0.25) is 0 Å². The molecule has 0 aliphatic rings. The fourth-order valence-electron chi connectivity index (χ4n) is 1.93. The van der Waals surface area contributed by atoms with Crippen molar-refractivity contribution in [1.29, 1.82) is 0 Å². The third-order valence-corrected chi connectivity index (χ3v) is 4.64. The van der Waals surface area contributed by atoms with Gasteiger partial charge in [-0.15, -0.1) is 0 Å². The van der Waals surface area contributed by atoms with Gasteiger partial charge in [0.2, 0.25) is 0 Å². The molecule has 0 amide bonds. The zero-order valence-electron chi connectivity index (χ0n) is 12.3. The predicted octanol–water partition coefficient (Wildman–Crippen LogP) is 3.31. The standard InChI is InChI=1S/C16H17NO4S/c1-11(2)12-5-9-15(10-6-12)22(20,21)17-14-7-3-13(4-8-14)16(18)19/h3-11,17H,1-2H3,(H,18,19). The molecule has 0 radical (unpaired) electrons. The van der Waals surface area contributed by atoms with E-state index in [4.69, 9.17) is 5.11 Å². The molecule has 6 heteroatoms. The summed E-state index contributed by atoms with van der Waals surface area (Å²) < 4.78 is 27.0. The molecule has 0 aliphatic carbocycles. The first kappa shape index (κ1) is 16.0. The Morgan fingerprint density at radius 2 is 1.55 bits per heavy atom. The molecule has 0 aromatic heterocycles. The highest BCUT2D eigenvalue weighted by Crippen LogP contribution is 2.20. The molecular formula is C16H17NO4S. The molecule has 2 aromatic carbocycles. The third-order valence-electron chi connectivity index (χ3n) is 3.24. The van der Waals surface area contributed by atoms with Crippen LogP contribution in [0.15, 0.2) is 53.4 Å². The minimum Gasteiger partial charge on any atom is -0.478 e. The molecule has 2 N–H and O–H groups in total. The molecule has 5 nitrogen and oxygen atoms in total. The highest BCUT2D eigenvalue weighted by molar-refractivity contribution is 7.92. The summed E-state index contributed by atoms with van der Waals surface area (Å²) in [4.78, 5) is 10.9. The van der Waals surface area contributed by atoms with Gasteiger partial charge in [-0.1, -0.05) is 26.0 Å².